The third-order valence-electron chi connectivity index (χ3n) is 5.20. The van der Waals surface area contributed by atoms with E-state index in [1.54, 1.807) is 24.4 Å². The predicted molar refractivity (Wildman–Crippen MR) is 131 cm³/mol. The van der Waals surface area contributed by atoms with Gasteiger partial charge >= 0.3 is 6.18 Å². The summed E-state index contributed by atoms with van der Waals surface area (Å²) in [6.45, 7) is 2.60. The minimum absolute atomic E-state index is 0.380. The fourth-order valence-corrected chi connectivity index (χ4v) is 3.98. The molecule has 0 fully saturated rings. The molecule has 5 rings (SSSR count). The molecule has 4 aromatic rings. The van der Waals surface area contributed by atoms with Crippen LogP contribution in [0.3, 0.4) is 0 Å². The lowest BCUT2D eigenvalue weighted by atomic mass is 10.0. The first-order valence-corrected chi connectivity index (χ1v) is 11.9. The molecule has 2 aromatic heterocycles. The topological polar surface area (TPSA) is 59.9 Å². The Hall–Kier alpha value is -3.66. The van der Waals surface area contributed by atoms with Crippen molar-refractivity contribution < 1.29 is 22.3 Å². The van der Waals surface area contributed by atoms with Gasteiger partial charge in [0.25, 0.3) is 0 Å². The van der Waals surface area contributed by atoms with E-state index in [4.69, 9.17) is 4.74 Å². The summed E-state index contributed by atoms with van der Waals surface area (Å²) in [5.74, 6) is 0.876. The standard InChI is InChI=1S/C13H10F3N.C13H12FN3OS/c1-9-5-6-11(8-17-9)10-3-2-4-12(7-10)13(14,15)16;14-10-7-15-13(16-8-10)17-19-11-4-3-9-2-1-5-18-12(9)6-11/h2-8H,1H3;3-4,6-8H,1-2,5H2,(H,15,16,17). The van der Waals surface area contributed by atoms with Crippen LogP contribution in [-0.4, -0.2) is 21.6 Å². The van der Waals surface area contributed by atoms with Gasteiger partial charge < -0.3 is 4.74 Å². The molecule has 0 radical (unpaired) electrons. The predicted octanol–water partition coefficient (Wildman–Crippen LogP) is 7.14. The smallest absolute Gasteiger partial charge is 0.416 e. The summed E-state index contributed by atoms with van der Waals surface area (Å²) < 4.78 is 58.8. The van der Waals surface area contributed by atoms with E-state index in [0.717, 1.165) is 60.3 Å². The van der Waals surface area contributed by atoms with Crippen LogP contribution in [0.5, 0.6) is 5.75 Å². The molecule has 1 N–H and O–H groups in total. The number of pyridine rings is 1. The molecular formula is C26H22F4N4OS. The number of nitrogens with one attached hydrogen (secondary N) is 1. The summed E-state index contributed by atoms with van der Waals surface area (Å²) >= 11 is 1.37. The highest BCUT2D eigenvalue weighted by Gasteiger charge is 2.30. The fraction of sp³-hybridized carbons (Fsp3) is 0.192. The van der Waals surface area contributed by atoms with Crippen LogP contribution in [0.1, 0.15) is 23.2 Å². The van der Waals surface area contributed by atoms with Crippen molar-refractivity contribution in [1.29, 1.82) is 0 Å². The Morgan fingerprint density at radius 3 is 2.44 bits per heavy atom. The highest BCUT2D eigenvalue weighted by Crippen LogP contribution is 2.32. The molecule has 2 aromatic carbocycles. The molecule has 3 heterocycles. The van der Waals surface area contributed by atoms with E-state index in [1.807, 2.05) is 19.1 Å². The van der Waals surface area contributed by atoms with E-state index in [2.05, 4.69) is 25.7 Å². The third-order valence-corrected chi connectivity index (χ3v) is 5.98. The van der Waals surface area contributed by atoms with Gasteiger partial charge in [0.15, 0.2) is 5.82 Å². The van der Waals surface area contributed by atoms with Crippen LogP contribution in [-0.2, 0) is 12.6 Å². The van der Waals surface area contributed by atoms with E-state index in [9.17, 15) is 17.6 Å². The Morgan fingerprint density at radius 1 is 0.917 bits per heavy atom. The minimum Gasteiger partial charge on any atom is -0.493 e. The monoisotopic (exact) mass is 514 g/mol. The largest absolute Gasteiger partial charge is 0.493 e. The maximum absolute atomic E-state index is 12.7. The Labute approximate surface area is 210 Å². The number of anilines is 1. The molecule has 0 atom stereocenters. The Kier molecular flexibility index (Phi) is 8.04. The summed E-state index contributed by atoms with van der Waals surface area (Å²) in [6, 6.07) is 14.9. The molecule has 0 saturated carbocycles. The average Bonchev–Trinajstić information content (AvgIpc) is 2.89. The number of ether oxygens (including phenoxy) is 1. The molecule has 186 valence electrons. The molecule has 5 nitrogen and oxygen atoms in total. The molecule has 0 amide bonds. The number of alkyl halides is 3. The lowest BCUT2D eigenvalue weighted by Crippen LogP contribution is -2.08. The molecule has 10 heteroatoms. The van der Waals surface area contributed by atoms with Gasteiger partial charge in [-0.15, -0.1) is 0 Å². The van der Waals surface area contributed by atoms with Crippen LogP contribution in [0.2, 0.25) is 0 Å². The second-order valence-electron chi connectivity index (χ2n) is 7.92. The lowest BCUT2D eigenvalue weighted by Gasteiger charge is -2.17. The second kappa shape index (κ2) is 11.4. The number of benzene rings is 2. The summed E-state index contributed by atoms with van der Waals surface area (Å²) in [5.41, 5.74) is 2.64. The number of aryl methyl sites for hydroxylation is 2. The van der Waals surface area contributed by atoms with Crippen molar-refractivity contribution >= 4 is 17.9 Å². The van der Waals surface area contributed by atoms with Gasteiger partial charge in [0, 0.05) is 22.3 Å². The number of fused-ring (bicyclic) bond motifs is 1. The summed E-state index contributed by atoms with van der Waals surface area (Å²) in [4.78, 5) is 12.7. The Balaban J connectivity index is 0.000000170. The molecular weight excluding hydrogens is 492 g/mol. The van der Waals surface area contributed by atoms with Gasteiger partial charge in [-0.3, -0.25) is 9.71 Å². The normalized spacial score (nSPS) is 12.6. The minimum atomic E-state index is -4.31. The van der Waals surface area contributed by atoms with E-state index in [1.165, 1.54) is 23.6 Å². The molecule has 0 spiro atoms. The van der Waals surface area contributed by atoms with E-state index in [-0.39, 0.29) is 0 Å². The van der Waals surface area contributed by atoms with Gasteiger partial charge in [0.1, 0.15) is 5.75 Å². The van der Waals surface area contributed by atoms with Gasteiger partial charge in [-0.1, -0.05) is 24.3 Å². The second-order valence-corrected chi connectivity index (χ2v) is 8.80. The maximum Gasteiger partial charge on any atom is 0.416 e. The first-order valence-electron chi connectivity index (χ1n) is 11.0. The first-order chi connectivity index (χ1) is 17.3. The first kappa shape index (κ1) is 25.4. The maximum atomic E-state index is 12.7. The number of aromatic nitrogens is 3. The van der Waals surface area contributed by atoms with Crippen molar-refractivity contribution in [1.82, 2.24) is 15.0 Å². The highest BCUT2D eigenvalue weighted by molar-refractivity contribution is 8.00. The molecule has 36 heavy (non-hydrogen) atoms. The number of halogens is 4. The quantitative estimate of drug-likeness (QED) is 0.231. The van der Waals surface area contributed by atoms with Crippen molar-refractivity contribution in [2.24, 2.45) is 0 Å². The fourth-order valence-electron chi connectivity index (χ4n) is 3.37. The summed E-state index contributed by atoms with van der Waals surface area (Å²) in [7, 11) is 0. The van der Waals surface area contributed by atoms with Crippen LogP contribution in [0.15, 0.2) is 78.1 Å². The van der Waals surface area contributed by atoms with Crippen LogP contribution in [0.4, 0.5) is 23.5 Å². The van der Waals surface area contributed by atoms with Crippen molar-refractivity contribution in [2.45, 2.75) is 30.8 Å². The van der Waals surface area contributed by atoms with Gasteiger partial charge in [-0.25, -0.2) is 14.4 Å². The van der Waals surface area contributed by atoms with Crippen molar-refractivity contribution in [2.75, 3.05) is 11.3 Å². The zero-order valence-corrected chi connectivity index (χ0v) is 20.0. The average molecular weight is 515 g/mol. The Bertz CT molecular complexity index is 1300. The molecule has 0 aliphatic carbocycles. The lowest BCUT2D eigenvalue weighted by molar-refractivity contribution is -0.137. The number of nitrogens with zero attached hydrogens (tertiary/aromatic N) is 3. The van der Waals surface area contributed by atoms with E-state index >= 15 is 0 Å². The zero-order valence-electron chi connectivity index (χ0n) is 19.2. The van der Waals surface area contributed by atoms with Crippen LogP contribution < -0.4 is 9.46 Å². The molecule has 1 aliphatic rings. The number of hydrogen-bond donors (Lipinski definition) is 1. The molecule has 1 aliphatic heterocycles. The number of hydrogen-bond acceptors (Lipinski definition) is 6. The molecule has 0 saturated heterocycles. The van der Waals surface area contributed by atoms with Gasteiger partial charge in [-0.2, -0.15) is 13.2 Å². The highest BCUT2D eigenvalue weighted by atomic mass is 32.2. The van der Waals surface area contributed by atoms with Crippen molar-refractivity contribution in [3.63, 3.8) is 0 Å². The zero-order chi connectivity index (χ0) is 25.5. The van der Waals surface area contributed by atoms with Crippen molar-refractivity contribution in [3.8, 4) is 16.9 Å². The van der Waals surface area contributed by atoms with Crippen LogP contribution in [0.25, 0.3) is 11.1 Å². The van der Waals surface area contributed by atoms with Crippen LogP contribution in [0, 0.1) is 12.7 Å². The third kappa shape index (κ3) is 6.94. The molecule has 0 unspecified atom stereocenters. The van der Waals surface area contributed by atoms with E-state index in [0.29, 0.717) is 17.1 Å². The van der Waals surface area contributed by atoms with Crippen LogP contribution >= 0.6 is 11.9 Å². The SMILES string of the molecule is Cc1ccc(-c2cccc(C(F)(F)F)c2)cn1.Fc1cnc(NSc2ccc3c(c2)OCCC3)nc1. The number of rotatable bonds is 4. The molecule has 0 bridgehead atoms. The van der Waals surface area contributed by atoms with Gasteiger partial charge in [-0.05, 0) is 73.2 Å². The summed E-state index contributed by atoms with van der Waals surface area (Å²) in [5, 5.41) is 0. The van der Waals surface area contributed by atoms with E-state index < -0.39 is 17.6 Å². The van der Waals surface area contributed by atoms with Gasteiger partial charge in [0.2, 0.25) is 5.95 Å². The van der Waals surface area contributed by atoms with Gasteiger partial charge in [0.05, 0.1) is 24.6 Å². The van der Waals surface area contributed by atoms with Crippen molar-refractivity contribution in [3.05, 3.63) is 95.8 Å². The summed E-state index contributed by atoms with van der Waals surface area (Å²) in [6.07, 6.45) is 1.66. The Morgan fingerprint density at radius 2 is 1.72 bits per heavy atom.